The van der Waals surface area contributed by atoms with Crippen molar-refractivity contribution in [3.05, 3.63) is 87.1 Å². The minimum Gasteiger partial charge on any atom is -0.335 e. The van der Waals surface area contributed by atoms with Crippen LogP contribution < -0.4 is 0 Å². The second-order valence-corrected chi connectivity index (χ2v) is 7.28. The molecule has 0 aliphatic carbocycles. The highest BCUT2D eigenvalue weighted by atomic mass is 35.5. The number of amides is 1. The van der Waals surface area contributed by atoms with Crippen molar-refractivity contribution in [2.24, 2.45) is 0 Å². The quantitative estimate of drug-likeness (QED) is 0.203. The van der Waals surface area contributed by atoms with Gasteiger partial charge in [0.15, 0.2) is 0 Å². The van der Waals surface area contributed by atoms with Crippen molar-refractivity contribution in [2.45, 2.75) is 26.3 Å². The average Bonchev–Trinajstić information content (AvgIpc) is 2.75. The molecular formula is C23H22ClN3O3. The molecule has 0 bridgehead atoms. The van der Waals surface area contributed by atoms with Crippen LogP contribution in [0.5, 0.6) is 0 Å². The van der Waals surface area contributed by atoms with E-state index in [1.165, 1.54) is 18.2 Å². The highest BCUT2D eigenvalue weighted by Crippen LogP contribution is 2.22. The lowest BCUT2D eigenvalue weighted by molar-refractivity contribution is -0.384. The van der Waals surface area contributed by atoms with Crippen LogP contribution in [0.4, 0.5) is 5.69 Å². The SMILES string of the molecule is CCCCN(Cc1cc2ccccc2nc1Cl)C(=O)/C=C/c1ccc([N+](=O)[O-])cc1. The van der Waals surface area contributed by atoms with Crippen LogP contribution in [0.3, 0.4) is 0 Å². The molecule has 1 aromatic heterocycles. The summed E-state index contributed by atoms with van der Waals surface area (Å²) in [5.41, 5.74) is 2.34. The second-order valence-electron chi connectivity index (χ2n) is 6.93. The predicted molar refractivity (Wildman–Crippen MR) is 119 cm³/mol. The zero-order valence-corrected chi connectivity index (χ0v) is 17.4. The van der Waals surface area contributed by atoms with Crippen LogP contribution in [-0.2, 0) is 11.3 Å². The summed E-state index contributed by atoms with van der Waals surface area (Å²) in [5, 5.41) is 12.1. The van der Waals surface area contributed by atoms with Gasteiger partial charge in [0.2, 0.25) is 5.91 Å². The Labute approximate surface area is 179 Å². The van der Waals surface area contributed by atoms with E-state index >= 15 is 0 Å². The maximum absolute atomic E-state index is 12.8. The van der Waals surface area contributed by atoms with E-state index in [4.69, 9.17) is 11.6 Å². The molecule has 7 heteroatoms. The van der Waals surface area contributed by atoms with Gasteiger partial charge in [0, 0.05) is 42.2 Å². The smallest absolute Gasteiger partial charge is 0.269 e. The number of non-ortho nitro benzene ring substituents is 1. The van der Waals surface area contributed by atoms with Gasteiger partial charge in [-0.15, -0.1) is 0 Å². The molecule has 154 valence electrons. The molecule has 1 heterocycles. The molecule has 0 radical (unpaired) electrons. The van der Waals surface area contributed by atoms with Gasteiger partial charge in [-0.1, -0.05) is 43.1 Å². The molecule has 0 atom stereocenters. The number of carbonyl (C=O) groups is 1. The first-order valence-corrected chi connectivity index (χ1v) is 10.1. The van der Waals surface area contributed by atoms with Crippen LogP contribution in [0.15, 0.2) is 60.7 Å². The van der Waals surface area contributed by atoms with Crippen molar-refractivity contribution < 1.29 is 9.72 Å². The van der Waals surface area contributed by atoms with E-state index in [1.54, 1.807) is 23.1 Å². The van der Waals surface area contributed by atoms with Crippen LogP contribution in [0.1, 0.15) is 30.9 Å². The summed E-state index contributed by atoms with van der Waals surface area (Å²) >= 11 is 6.38. The first-order valence-electron chi connectivity index (χ1n) is 9.73. The Morgan fingerprint density at radius 1 is 1.20 bits per heavy atom. The lowest BCUT2D eigenvalue weighted by Crippen LogP contribution is -2.30. The maximum atomic E-state index is 12.8. The van der Waals surface area contributed by atoms with Crippen LogP contribution in [0.25, 0.3) is 17.0 Å². The number of para-hydroxylation sites is 1. The van der Waals surface area contributed by atoms with Crippen molar-refractivity contribution in [3.8, 4) is 0 Å². The molecular weight excluding hydrogens is 402 g/mol. The zero-order valence-electron chi connectivity index (χ0n) is 16.6. The standard InChI is InChI=1S/C23H22ClN3O3/c1-2-3-14-26(16-19-15-18-6-4-5-7-21(18)25-23(19)24)22(28)13-10-17-8-11-20(12-9-17)27(29)30/h4-13,15H,2-3,14,16H2,1H3/b13-10+. The number of nitrogens with zero attached hydrogens (tertiary/aromatic N) is 3. The maximum Gasteiger partial charge on any atom is 0.269 e. The van der Waals surface area contributed by atoms with Crippen molar-refractivity contribution in [2.75, 3.05) is 6.54 Å². The summed E-state index contributed by atoms with van der Waals surface area (Å²) in [6.45, 7) is 3.03. The summed E-state index contributed by atoms with van der Waals surface area (Å²) in [6, 6.07) is 15.7. The van der Waals surface area contributed by atoms with E-state index in [1.807, 2.05) is 30.3 Å². The Hall–Kier alpha value is -3.25. The molecule has 0 aliphatic heterocycles. The number of pyridine rings is 1. The van der Waals surface area contributed by atoms with Gasteiger partial charge < -0.3 is 4.90 Å². The molecule has 0 spiro atoms. The molecule has 3 aromatic rings. The van der Waals surface area contributed by atoms with E-state index in [0.29, 0.717) is 18.2 Å². The number of rotatable bonds is 8. The number of carbonyl (C=O) groups excluding carboxylic acids is 1. The van der Waals surface area contributed by atoms with Crippen molar-refractivity contribution >= 4 is 40.2 Å². The number of unbranched alkanes of at least 4 members (excludes halogenated alkanes) is 1. The Kier molecular flexibility index (Phi) is 7.14. The summed E-state index contributed by atoms with van der Waals surface area (Å²) in [6.07, 6.45) is 4.97. The van der Waals surface area contributed by atoms with Gasteiger partial charge in [0.25, 0.3) is 5.69 Å². The summed E-state index contributed by atoms with van der Waals surface area (Å²) in [4.78, 5) is 29.3. The molecule has 1 amide bonds. The van der Waals surface area contributed by atoms with E-state index < -0.39 is 4.92 Å². The predicted octanol–water partition coefficient (Wildman–Crippen LogP) is 5.64. The van der Waals surface area contributed by atoms with Crippen molar-refractivity contribution in [1.29, 1.82) is 0 Å². The number of halogens is 1. The van der Waals surface area contributed by atoms with Crippen LogP contribution in [-0.4, -0.2) is 27.3 Å². The molecule has 0 aliphatic rings. The average molecular weight is 424 g/mol. The summed E-state index contributed by atoms with van der Waals surface area (Å²) in [7, 11) is 0. The first-order chi connectivity index (χ1) is 14.5. The molecule has 3 rings (SSSR count). The van der Waals surface area contributed by atoms with Crippen LogP contribution in [0.2, 0.25) is 5.15 Å². The topological polar surface area (TPSA) is 76.3 Å². The molecule has 6 nitrogen and oxygen atoms in total. The van der Waals surface area contributed by atoms with E-state index in [0.717, 1.165) is 34.9 Å². The Bertz CT molecular complexity index is 1080. The lowest BCUT2D eigenvalue weighted by atomic mass is 10.1. The number of fused-ring (bicyclic) bond motifs is 1. The molecule has 30 heavy (non-hydrogen) atoms. The number of hydrogen-bond acceptors (Lipinski definition) is 4. The first kappa shape index (κ1) is 21.5. The van der Waals surface area contributed by atoms with Crippen molar-refractivity contribution in [1.82, 2.24) is 9.88 Å². The number of hydrogen-bond donors (Lipinski definition) is 0. The van der Waals surface area contributed by atoms with Crippen LogP contribution >= 0.6 is 11.6 Å². The zero-order chi connectivity index (χ0) is 21.5. The molecule has 0 saturated carbocycles. The third-order valence-electron chi connectivity index (χ3n) is 4.73. The third kappa shape index (κ3) is 5.42. The highest BCUT2D eigenvalue weighted by Gasteiger charge is 2.14. The molecule has 0 N–H and O–H groups in total. The molecule has 0 saturated heterocycles. The number of nitro benzene ring substituents is 1. The third-order valence-corrected chi connectivity index (χ3v) is 5.05. The van der Waals surface area contributed by atoms with Crippen molar-refractivity contribution in [3.63, 3.8) is 0 Å². The van der Waals surface area contributed by atoms with Gasteiger partial charge in [-0.3, -0.25) is 14.9 Å². The number of aromatic nitrogens is 1. The highest BCUT2D eigenvalue weighted by molar-refractivity contribution is 6.30. The van der Waals surface area contributed by atoms with Crippen LogP contribution in [0, 0.1) is 10.1 Å². The van der Waals surface area contributed by atoms with Gasteiger partial charge >= 0.3 is 0 Å². The summed E-state index contributed by atoms with van der Waals surface area (Å²) in [5.74, 6) is -0.147. The lowest BCUT2D eigenvalue weighted by Gasteiger charge is -2.22. The fourth-order valence-electron chi connectivity index (χ4n) is 3.05. The fourth-order valence-corrected chi connectivity index (χ4v) is 3.25. The van der Waals surface area contributed by atoms with Gasteiger partial charge in [-0.2, -0.15) is 0 Å². The van der Waals surface area contributed by atoms with Gasteiger partial charge in [0.1, 0.15) is 5.15 Å². The Balaban J connectivity index is 1.78. The molecule has 0 unspecified atom stereocenters. The Morgan fingerprint density at radius 2 is 1.93 bits per heavy atom. The fraction of sp³-hybridized carbons (Fsp3) is 0.217. The monoisotopic (exact) mass is 423 g/mol. The number of benzene rings is 2. The van der Waals surface area contributed by atoms with E-state index in [-0.39, 0.29) is 11.6 Å². The molecule has 0 fully saturated rings. The van der Waals surface area contributed by atoms with E-state index in [2.05, 4.69) is 11.9 Å². The largest absolute Gasteiger partial charge is 0.335 e. The minimum atomic E-state index is -0.452. The normalized spacial score (nSPS) is 11.1. The van der Waals surface area contributed by atoms with Gasteiger partial charge in [-0.25, -0.2) is 4.98 Å². The van der Waals surface area contributed by atoms with E-state index in [9.17, 15) is 14.9 Å². The van der Waals surface area contributed by atoms with Gasteiger partial charge in [0.05, 0.1) is 10.4 Å². The Morgan fingerprint density at radius 3 is 2.63 bits per heavy atom. The van der Waals surface area contributed by atoms with Gasteiger partial charge in [-0.05, 0) is 42.3 Å². The minimum absolute atomic E-state index is 0.0153. The number of nitro groups is 1. The second kappa shape index (κ2) is 9.98. The summed E-state index contributed by atoms with van der Waals surface area (Å²) < 4.78 is 0. The molecule has 2 aromatic carbocycles.